The molecule has 54 valence electrons. The third-order valence-electron chi connectivity index (χ3n) is 1.47. The van der Waals surface area contributed by atoms with Crippen LogP contribution in [0.4, 0.5) is 0 Å². The first-order chi connectivity index (χ1) is 4.29. The molecule has 4 heteroatoms. The summed E-state index contributed by atoms with van der Waals surface area (Å²) < 4.78 is 4.87. The van der Waals surface area contributed by atoms with Gasteiger partial charge < -0.3 is 11.3 Å². The maximum absolute atomic E-state index is 10.0. The Hall–Kier alpha value is 0.0274. The van der Waals surface area contributed by atoms with Crippen molar-refractivity contribution < 1.29 is 34.9 Å². The number of carbonyl (C=O) groups is 1. The van der Waals surface area contributed by atoms with Crippen molar-refractivity contribution in [3.05, 3.63) is 0 Å². The van der Waals surface area contributed by atoms with Crippen LogP contribution in [-0.4, -0.2) is 24.3 Å². The molecular weight excluding hydrogens is 127 g/mol. The zero-order chi connectivity index (χ0) is 6.69. The van der Waals surface area contributed by atoms with E-state index in [1.165, 1.54) is 0 Å². The Morgan fingerprint density at radius 1 is 1.70 bits per heavy atom. The first kappa shape index (κ1) is 10.0. The van der Waals surface area contributed by atoms with Gasteiger partial charge in [-0.25, -0.2) is 0 Å². The van der Waals surface area contributed by atoms with E-state index in [1.54, 1.807) is 0 Å². The fourth-order valence-corrected chi connectivity index (χ4v) is 0.779. The maximum atomic E-state index is 10.0. The van der Waals surface area contributed by atoms with E-state index in [1.807, 2.05) is 0 Å². The molecule has 3 nitrogen and oxygen atoms in total. The maximum Gasteiger partial charge on any atom is 1.00 e. The van der Waals surface area contributed by atoms with Crippen molar-refractivity contribution >= 4 is 5.97 Å². The summed E-state index contributed by atoms with van der Waals surface area (Å²) in [7, 11) is 0. The van der Waals surface area contributed by atoms with Crippen LogP contribution in [0.3, 0.4) is 0 Å². The number of hydrogen-bond acceptors (Lipinski definition) is 2. The summed E-state index contributed by atoms with van der Waals surface area (Å²) in [6.45, 7) is 1.51. The molecular formula is C6H11LiO3. The number of hydrogen-bond donors (Lipinski definition) is 1. The minimum absolute atomic E-state index is 0. The molecule has 0 saturated carbocycles. The standard InChI is InChI=1S/C6H10O3.Li.H/c7-6(8)2-1-5-3-9-4-5;;/h5H,1-4H2,(H,7,8);;/q;+1;-1. The van der Waals surface area contributed by atoms with Crippen molar-refractivity contribution in [3.8, 4) is 0 Å². The van der Waals surface area contributed by atoms with E-state index < -0.39 is 5.97 Å². The van der Waals surface area contributed by atoms with Gasteiger partial charge in [0.25, 0.3) is 0 Å². The molecule has 1 aliphatic rings. The Labute approximate surface area is 73.4 Å². The predicted octanol–water partition coefficient (Wildman–Crippen LogP) is -2.39. The second-order valence-corrected chi connectivity index (χ2v) is 2.34. The Balaban J connectivity index is 0. The van der Waals surface area contributed by atoms with E-state index in [0.29, 0.717) is 5.92 Å². The van der Waals surface area contributed by atoms with Gasteiger partial charge in [0.1, 0.15) is 0 Å². The normalized spacial score (nSPS) is 17.2. The minimum Gasteiger partial charge on any atom is -1.00 e. The molecule has 1 heterocycles. The number of carboxylic acids is 1. The molecule has 0 unspecified atom stereocenters. The topological polar surface area (TPSA) is 46.5 Å². The smallest absolute Gasteiger partial charge is 1.00 e. The molecule has 0 bridgehead atoms. The fraction of sp³-hybridized carbons (Fsp3) is 0.833. The summed E-state index contributed by atoms with van der Waals surface area (Å²) >= 11 is 0. The summed E-state index contributed by atoms with van der Waals surface area (Å²) in [5.74, 6) is -0.192. The van der Waals surface area contributed by atoms with Crippen LogP contribution in [0.2, 0.25) is 0 Å². The second-order valence-electron chi connectivity index (χ2n) is 2.34. The fourth-order valence-electron chi connectivity index (χ4n) is 0.779. The van der Waals surface area contributed by atoms with Crippen LogP contribution >= 0.6 is 0 Å². The van der Waals surface area contributed by atoms with Gasteiger partial charge in [-0.15, -0.1) is 0 Å². The first-order valence-corrected chi connectivity index (χ1v) is 3.08. The molecule has 0 atom stereocenters. The second kappa shape index (κ2) is 4.78. The summed E-state index contributed by atoms with van der Waals surface area (Å²) in [6.07, 6.45) is 1.06. The third kappa shape index (κ3) is 3.26. The Morgan fingerprint density at radius 2 is 2.30 bits per heavy atom. The van der Waals surface area contributed by atoms with Gasteiger partial charge in [0, 0.05) is 12.3 Å². The number of ether oxygens (including phenoxy) is 1. The molecule has 1 rings (SSSR count). The minimum atomic E-state index is -0.707. The molecule has 0 aromatic carbocycles. The summed E-state index contributed by atoms with van der Waals surface area (Å²) in [4.78, 5) is 10.0. The van der Waals surface area contributed by atoms with Gasteiger partial charge in [0.15, 0.2) is 0 Å². The van der Waals surface area contributed by atoms with Gasteiger partial charge in [0.05, 0.1) is 13.2 Å². The SMILES string of the molecule is O=C(O)CCC1COC1.[H-].[Li+]. The molecule has 1 N–H and O–H groups in total. The number of carboxylic acid groups (broad SMARTS) is 1. The van der Waals surface area contributed by atoms with Gasteiger partial charge in [0.2, 0.25) is 0 Å². The zero-order valence-corrected chi connectivity index (χ0v) is 6.17. The van der Waals surface area contributed by atoms with Gasteiger partial charge in [-0.3, -0.25) is 4.79 Å². The Kier molecular flexibility index (Phi) is 4.80. The van der Waals surface area contributed by atoms with E-state index >= 15 is 0 Å². The number of rotatable bonds is 3. The van der Waals surface area contributed by atoms with E-state index in [2.05, 4.69) is 0 Å². The van der Waals surface area contributed by atoms with Gasteiger partial charge in [-0.1, -0.05) is 0 Å². The Bertz CT molecular complexity index is 116. The van der Waals surface area contributed by atoms with Crippen molar-refractivity contribution in [3.63, 3.8) is 0 Å². The third-order valence-corrected chi connectivity index (χ3v) is 1.47. The molecule has 1 fully saturated rings. The monoisotopic (exact) mass is 138 g/mol. The van der Waals surface area contributed by atoms with Crippen molar-refractivity contribution in [1.29, 1.82) is 0 Å². The van der Waals surface area contributed by atoms with E-state index in [-0.39, 0.29) is 26.7 Å². The first-order valence-electron chi connectivity index (χ1n) is 3.08. The molecule has 0 aromatic rings. The predicted molar refractivity (Wildman–Crippen MR) is 32.3 cm³/mol. The van der Waals surface area contributed by atoms with Crippen LogP contribution in [0.25, 0.3) is 0 Å². The van der Waals surface area contributed by atoms with Crippen LogP contribution in [0, 0.1) is 5.92 Å². The van der Waals surface area contributed by atoms with Crippen LogP contribution in [0.1, 0.15) is 14.3 Å². The van der Waals surface area contributed by atoms with Crippen molar-refractivity contribution in [2.45, 2.75) is 12.8 Å². The largest absolute Gasteiger partial charge is 1.00 e. The van der Waals surface area contributed by atoms with E-state index in [0.717, 1.165) is 19.6 Å². The molecule has 10 heavy (non-hydrogen) atoms. The van der Waals surface area contributed by atoms with Crippen LogP contribution < -0.4 is 18.9 Å². The van der Waals surface area contributed by atoms with Crippen LogP contribution in [0.5, 0.6) is 0 Å². The van der Waals surface area contributed by atoms with Gasteiger partial charge in [-0.2, -0.15) is 0 Å². The molecule has 0 spiro atoms. The molecule has 1 saturated heterocycles. The summed E-state index contributed by atoms with van der Waals surface area (Å²) in [5, 5.41) is 8.24. The zero-order valence-electron chi connectivity index (χ0n) is 7.17. The van der Waals surface area contributed by atoms with Crippen LogP contribution in [-0.2, 0) is 9.53 Å². The molecule has 0 amide bonds. The van der Waals surface area contributed by atoms with Gasteiger partial charge >= 0.3 is 24.8 Å². The molecule has 0 aromatic heterocycles. The average Bonchev–Trinajstić information content (AvgIpc) is 1.60. The van der Waals surface area contributed by atoms with E-state index in [4.69, 9.17) is 9.84 Å². The van der Waals surface area contributed by atoms with Crippen molar-refractivity contribution in [2.75, 3.05) is 13.2 Å². The molecule has 0 radical (unpaired) electrons. The van der Waals surface area contributed by atoms with Crippen LogP contribution in [0.15, 0.2) is 0 Å². The number of aliphatic carboxylic acids is 1. The molecule has 0 aliphatic carbocycles. The van der Waals surface area contributed by atoms with Crippen molar-refractivity contribution in [2.24, 2.45) is 5.92 Å². The Morgan fingerprint density at radius 3 is 2.60 bits per heavy atom. The van der Waals surface area contributed by atoms with E-state index in [9.17, 15) is 4.79 Å². The summed E-state index contributed by atoms with van der Waals surface area (Å²) in [5.41, 5.74) is 0. The van der Waals surface area contributed by atoms with Gasteiger partial charge in [-0.05, 0) is 6.42 Å². The molecule has 1 aliphatic heterocycles. The van der Waals surface area contributed by atoms with Crippen molar-refractivity contribution in [1.82, 2.24) is 0 Å². The summed E-state index contributed by atoms with van der Waals surface area (Å²) in [6, 6.07) is 0. The average molecular weight is 138 g/mol. The quantitative estimate of drug-likeness (QED) is 0.443.